The van der Waals surface area contributed by atoms with Crippen molar-refractivity contribution in [2.75, 3.05) is 26.1 Å². The number of hydrogen-bond acceptors (Lipinski definition) is 5. The Hall–Kier alpha value is -3.80. The normalized spacial score (nSPS) is 11.0. The van der Waals surface area contributed by atoms with Crippen molar-refractivity contribution >= 4 is 23.2 Å². The lowest BCUT2D eigenvalue weighted by Crippen LogP contribution is -2.14. The Morgan fingerprint density at radius 3 is 2.27 bits per heavy atom. The van der Waals surface area contributed by atoms with Crippen molar-refractivity contribution in [2.24, 2.45) is 4.99 Å². The summed E-state index contributed by atoms with van der Waals surface area (Å²) in [7, 11) is 3.16. The van der Waals surface area contributed by atoms with Gasteiger partial charge in [-0.05, 0) is 49.4 Å². The second-order valence-corrected chi connectivity index (χ2v) is 6.26. The van der Waals surface area contributed by atoms with Crippen molar-refractivity contribution in [1.29, 1.82) is 0 Å². The maximum Gasteiger partial charge on any atom is 0.255 e. The predicted molar refractivity (Wildman–Crippen MR) is 118 cm³/mol. The van der Waals surface area contributed by atoms with Gasteiger partial charge in [-0.1, -0.05) is 30.3 Å². The van der Waals surface area contributed by atoms with Crippen LogP contribution in [0.2, 0.25) is 0 Å². The zero-order valence-electron chi connectivity index (χ0n) is 17.2. The highest BCUT2D eigenvalue weighted by atomic mass is 16.5. The first-order chi connectivity index (χ1) is 14.7. The van der Waals surface area contributed by atoms with Crippen molar-refractivity contribution < 1.29 is 19.0 Å². The van der Waals surface area contributed by atoms with Gasteiger partial charge < -0.3 is 19.5 Å². The minimum absolute atomic E-state index is 0.255. The van der Waals surface area contributed by atoms with Crippen molar-refractivity contribution in [3.63, 3.8) is 0 Å². The summed E-state index contributed by atoms with van der Waals surface area (Å²) in [5.41, 5.74) is 2.41. The van der Waals surface area contributed by atoms with Crippen LogP contribution >= 0.6 is 0 Å². The zero-order valence-corrected chi connectivity index (χ0v) is 17.2. The second-order valence-electron chi connectivity index (χ2n) is 6.26. The lowest BCUT2D eigenvalue weighted by Gasteiger charge is -2.12. The zero-order chi connectivity index (χ0) is 21.3. The summed E-state index contributed by atoms with van der Waals surface area (Å²) >= 11 is 0. The third kappa shape index (κ3) is 4.97. The number of methoxy groups -OCH3 is 2. The Balaban J connectivity index is 1.91. The first-order valence-corrected chi connectivity index (χ1v) is 9.55. The Kier molecular flexibility index (Phi) is 7.05. The van der Waals surface area contributed by atoms with E-state index in [1.165, 1.54) is 0 Å². The number of carbonyl (C=O) groups is 1. The summed E-state index contributed by atoms with van der Waals surface area (Å²) in [5, 5.41) is 2.88. The van der Waals surface area contributed by atoms with Crippen LogP contribution in [-0.4, -0.2) is 32.6 Å². The molecule has 0 spiro atoms. The van der Waals surface area contributed by atoms with E-state index in [-0.39, 0.29) is 5.91 Å². The molecule has 0 aromatic heterocycles. The molecule has 0 aliphatic heterocycles. The van der Waals surface area contributed by atoms with E-state index in [1.807, 2.05) is 49.4 Å². The molecule has 3 aromatic rings. The molecule has 0 radical (unpaired) electrons. The van der Waals surface area contributed by atoms with E-state index in [1.54, 1.807) is 44.6 Å². The number of para-hydroxylation sites is 4. The van der Waals surface area contributed by atoms with Crippen LogP contribution in [0.5, 0.6) is 11.5 Å². The highest BCUT2D eigenvalue weighted by molar-refractivity contribution is 6.07. The van der Waals surface area contributed by atoms with Gasteiger partial charge in [0.2, 0.25) is 5.90 Å². The number of nitrogens with one attached hydrogen (secondary N) is 1. The number of aliphatic imine (C=N–C) groups is 1. The molecule has 0 saturated carbocycles. The molecule has 0 bridgehead atoms. The monoisotopic (exact) mass is 404 g/mol. The lowest BCUT2D eigenvalue weighted by atomic mass is 10.1. The molecular weight excluding hydrogens is 380 g/mol. The number of hydrogen-bond donors (Lipinski definition) is 1. The number of rotatable bonds is 7. The molecule has 3 rings (SSSR count). The smallest absolute Gasteiger partial charge is 0.255 e. The largest absolute Gasteiger partial charge is 0.495 e. The number of benzene rings is 3. The standard InChI is InChI=1S/C24H24N2O4/c1-4-30-24(26-20-13-6-8-15-22(20)29-3)18-11-9-10-17(16-18)23(27)25-19-12-5-7-14-21(19)28-2/h5-16H,4H2,1-3H3,(H,25,27)/b26-24-. The summed E-state index contributed by atoms with van der Waals surface area (Å²) in [6, 6.07) is 21.8. The molecule has 0 unspecified atom stereocenters. The highest BCUT2D eigenvalue weighted by Crippen LogP contribution is 2.28. The molecule has 30 heavy (non-hydrogen) atoms. The van der Waals surface area contributed by atoms with Gasteiger partial charge in [0.15, 0.2) is 0 Å². The Morgan fingerprint density at radius 2 is 1.53 bits per heavy atom. The van der Waals surface area contributed by atoms with Crippen LogP contribution in [0.1, 0.15) is 22.8 Å². The number of anilines is 1. The molecule has 0 heterocycles. The SMILES string of the molecule is CCO/C(=N\c1ccccc1OC)c1cccc(C(=O)Nc2ccccc2OC)c1. The van der Waals surface area contributed by atoms with E-state index in [0.717, 1.165) is 0 Å². The molecule has 6 heteroatoms. The van der Waals surface area contributed by atoms with Gasteiger partial charge in [-0.25, -0.2) is 4.99 Å². The Labute approximate surface area is 176 Å². The number of carbonyl (C=O) groups excluding carboxylic acids is 1. The fourth-order valence-electron chi connectivity index (χ4n) is 2.88. The quantitative estimate of drug-likeness (QED) is 0.441. The first kappa shape index (κ1) is 20.9. The van der Waals surface area contributed by atoms with E-state index in [2.05, 4.69) is 10.3 Å². The van der Waals surface area contributed by atoms with Crippen LogP contribution in [0, 0.1) is 0 Å². The molecule has 3 aromatic carbocycles. The summed E-state index contributed by atoms with van der Waals surface area (Å²) in [4.78, 5) is 17.4. The lowest BCUT2D eigenvalue weighted by molar-refractivity contribution is 0.102. The molecule has 0 fully saturated rings. The van der Waals surface area contributed by atoms with Gasteiger partial charge in [0.05, 0.1) is 26.5 Å². The maximum atomic E-state index is 12.8. The van der Waals surface area contributed by atoms with Crippen LogP contribution in [0.25, 0.3) is 0 Å². The average molecular weight is 404 g/mol. The third-order valence-electron chi connectivity index (χ3n) is 4.32. The fraction of sp³-hybridized carbons (Fsp3) is 0.167. The minimum atomic E-state index is -0.255. The molecule has 1 amide bonds. The molecule has 0 atom stereocenters. The van der Waals surface area contributed by atoms with E-state index < -0.39 is 0 Å². The fourth-order valence-corrected chi connectivity index (χ4v) is 2.88. The van der Waals surface area contributed by atoms with Gasteiger partial charge in [0.1, 0.15) is 17.2 Å². The van der Waals surface area contributed by atoms with E-state index in [4.69, 9.17) is 14.2 Å². The van der Waals surface area contributed by atoms with Crippen LogP contribution < -0.4 is 14.8 Å². The first-order valence-electron chi connectivity index (χ1n) is 9.55. The molecule has 154 valence electrons. The van der Waals surface area contributed by atoms with Gasteiger partial charge in [-0.3, -0.25) is 4.79 Å². The molecular formula is C24H24N2O4. The van der Waals surface area contributed by atoms with Crippen molar-refractivity contribution in [3.8, 4) is 11.5 Å². The van der Waals surface area contributed by atoms with E-state index in [0.29, 0.717) is 46.5 Å². The minimum Gasteiger partial charge on any atom is -0.495 e. The van der Waals surface area contributed by atoms with Crippen molar-refractivity contribution in [1.82, 2.24) is 0 Å². The molecule has 0 aliphatic rings. The average Bonchev–Trinajstić information content (AvgIpc) is 2.79. The van der Waals surface area contributed by atoms with E-state index in [9.17, 15) is 4.79 Å². The molecule has 1 N–H and O–H groups in total. The highest BCUT2D eigenvalue weighted by Gasteiger charge is 2.13. The number of ether oxygens (including phenoxy) is 3. The van der Waals surface area contributed by atoms with Gasteiger partial charge in [-0.15, -0.1) is 0 Å². The summed E-state index contributed by atoms with van der Waals surface area (Å²) in [6.07, 6.45) is 0. The summed E-state index contributed by atoms with van der Waals surface area (Å²) < 4.78 is 16.4. The third-order valence-corrected chi connectivity index (χ3v) is 4.32. The molecule has 6 nitrogen and oxygen atoms in total. The van der Waals surface area contributed by atoms with Crippen LogP contribution in [0.15, 0.2) is 77.8 Å². The van der Waals surface area contributed by atoms with Crippen LogP contribution in [0.4, 0.5) is 11.4 Å². The second kappa shape index (κ2) is 10.1. The summed E-state index contributed by atoms with van der Waals surface area (Å²) in [6.45, 7) is 2.32. The predicted octanol–water partition coefficient (Wildman–Crippen LogP) is 5.07. The van der Waals surface area contributed by atoms with E-state index >= 15 is 0 Å². The van der Waals surface area contributed by atoms with Gasteiger partial charge in [0, 0.05) is 11.1 Å². The Bertz CT molecular complexity index is 1050. The van der Waals surface area contributed by atoms with Gasteiger partial charge in [-0.2, -0.15) is 0 Å². The Morgan fingerprint density at radius 1 is 0.867 bits per heavy atom. The number of nitrogens with zero attached hydrogens (tertiary/aromatic N) is 1. The van der Waals surface area contributed by atoms with Crippen molar-refractivity contribution in [3.05, 3.63) is 83.9 Å². The maximum absolute atomic E-state index is 12.8. The van der Waals surface area contributed by atoms with Gasteiger partial charge >= 0.3 is 0 Å². The summed E-state index contributed by atoms with van der Waals surface area (Å²) in [5.74, 6) is 1.39. The van der Waals surface area contributed by atoms with Crippen LogP contribution in [-0.2, 0) is 4.74 Å². The van der Waals surface area contributed by atoms with Crippen LogP contribution in [0.3, 0.4) is 0 Å². The number of amides is 1. The molecule has 0 aliphatic carbocycles. The van der Waals surface area contributed by atoms with Crippen molar-refractivity contribution in [2.45, 2.75) is 6.92 Å². The topological polar surface area (TPSA) is 69.2 Å². The van der Waals surface area contributed by atoms with Gasteiger partial charge in [0.25, 0.3) is 5.91 Å². The molecule has 0 saturated heterocycles.